The summed E-state index contributed by atoms with van der Waals surface area (Å²) in [6, 6.07) is 0.309. The molecule has 2 N–H and O–H groups in total. The van der Waals surface area contributed by atoms with E-state index < -0.39 is 5.60 Å². The molecule has 2 saturated heterocycles. The largest absolute Gasteiger partial charge is 0.444 e. The van der Waals surface area contributed by atoms with E-state index in [-0.39, 0.29) is 6.09 Å². The molecule has 1 aliphatic carbocycles. The fraction of sp³-hybridized carbons (Fsp3) is 0.909. The number of hydrogen-bond acceptors (Lipinski definition) is 3. The van der Waals surface area contributed by atoms with Crippen LogP contribution in [-0.4, -0.2) is 35.7 Å². The summed E-state index contributed by atoms with van der Waals surface area (Å²) in [6.07, 6.45) is 0.990. The maximum Gasteiger partial charge on any atom is 0.410 e. The number of amides is 1. The summed E-state index contributed by atoms with van der Waals surface area (Å²) in [4.78, 5) is 13.5. The molecule has 86 valence electrons. The molecule has 2 aliphatic heterocycles. The first-order valence-electron chi connectivity index (χ1n) is 5.60. The molecule has 4 heteroatoms. The standard InChI is InChI=1S/C11H20N2O2/c1-11(2,3)15-10(14)13-5-7-4-8(6-13)9(7)12/h7-9H,4-6,12H2,1-3H3/t7-,8-/m1/s1. The van der Waals surface area contributed by atoms with Gasteiger partial charge in [-0.3, -0.25) is 0 Å². The smallest absolute Gasteiger partial charge is 0.410 e. The lowest BCUT2D eigenvalue weighted by molar-refractivity contribution is -0.0265. The zero-order chi connectivity index (χ0) is 11.2. The second kappa shape index (κ2) is 3.37. The number of hydrogen-bond donors (Lipinski definition) is 1. The van der Waals surface area contributed by atoms with Gasteiger partial charge in [0.25, 0.3) is 0 Å². The van der Waals surface area contributed by atoms with Crippen LogP contribution in [0.25, 0.3) is 0 Å². The Balaban J connectivity index is 1.88. The number of rotatable bonds is 0. The van der Waals surface area contributed by atoms with Crippen molar-refractivity contribution in [2.45, 2.75) is 38.8 Å². The predicted molar refractivity (Wildman–Crippen MR) is 57.4 cm³/mol. The Hall–Kier alpha value is -0.770. The van der Waals surface area contributed by atoms with Gasteiger partial charge in [0, 0.05) is 19.1 Å². The van der Waals surface area contributed by atoms with Crippen LogP contribution in [0.15, 0.2) is 0 Å². The van der Waals surface area contributed by atoms with Crippen molar-refractivity contribution in [1.82, 2.24) is 4.90 Å². The second-order valence-electron chi connectivity index (χ2n) is 5.72. The van der Waals surface area contributed by atoms with Crippen molar-refractivity contribution < 1.29 is 9.53 Å². The van der Waals surface area contributed by atoms with Gasteiger partial charge in [-0.15, -0.1) is 0 Å². The molecule has 0 aromatic carbocycles. The van der Waals surface area contributed by atoms with Crippen molar-refractivity contribution in [3.05, 3.63) is 0 Å². The van der Waals surface area contributed by atoms with Gasteiger partial charge in [-0.25, -0.2) is 4.79 Å². The zero-order valence-corrected chi connectivity index (χ0v) is 9.69. The van der Waals surface area contributed by atoms with E-state index in [1.54, 1.807) is 4.90 Å². The molecule has 2 bridgehead atoms. The molecular weight excluding hydrogens is 192 g/mol. The molecule has 4 nitrogen and oxygen atoms in total. The third kappa shape index (κ3) is 2.09. The monoisotopic (exact) mass is 212 g/mol. The third-order valence-electron chi connectivity index (χ3n) is 3.26. The highest BCUT2D eigenvalue weighted by atomic mass is 16.6. The van der Waals surface area contributed by atoms with Gasteiger partial charge >= 0.3 is 6.09 Å². The number of piperidine rings is 2. The zero-order valence-electron chi connectivity index (χ0n) is 9.69. The number of fused-ring (bicyclic) bond motifs is 2. The minimum atomic E-state index is -0.402. The molecular formula is C11H20N2O2. The molecule has 3 fully saturated rings. The Labute approximate surface area is 90.8 Å². The van der Waals surface area contributed by atoms with Crippen molar-refractivity contribution in [1.29, 1.82) is 0 Å². The highest BCUT2D eigenvalue weighted by Gasteiger charge is 2.46. The van der Waals surface area contributed by atoms with E-state index >= 15 is 0 Å². The number of carbonyl (C=O) groups excluding carboxylic acids is 1. The lowest BCUT2D eigenvalue weighted by Crippen LogP contribution is -2.63. The van der Waals surface area contributed by atoms with Crippen LogP contribution in [0.2, 0.25) is 0 Å². The van der Waals surface area contributed by atoms with Gasteiger partial charge in [0.15, 0.2) is 0 Å². The molecule has 1 amide bonds. The van der Waals surface area contributed by atoms with Crippen molar-refractivity contribution in [2.75, 3.05) is 13.1 Å². The Bertz CT molecular complexity index is 260. The molecule has 0 aromatic heterocycles. The Morgan fingerprint density at radius 2 is 1.87 bits per heavy atom. The van der Waals surface area contributed by atoms with E-state index in [0.29, 0.717) is 17.9 Å². The summed E-state index contributed by atoms with van der Waals surface area (Å²) in [7, 11) is 0. The minimum absolute atomic E-state index is 0.191. The first kappa shape index (κ1) is 10.7. The molecule has 0 unspecified atom stereocenters. The third-order valence-corrected chi connectivity index (χ3v) is 3.26. The number of nitrogens with two attached hydrogens (primary N) is 1. The van der Waals surface area contributed by atoms with Crippen LogP contribution in [0.1, 0.15) is 27.2 Å². The highest BCUT2D eigenvalue weighted by Crippen LogP contribution is 2.38. The first-order chi connectivity index (χ1) is 6.87. The van der Waals surface area contributed by atoms with Crippen molar-refractivity contribution in [3.63, 3.8) is 0 Å². The normalized spacial score (nSPS) is 34.7. The average molecular weight is 212 g/mol. The van der Waals surface area contributed by atoms with E-state index in [0.717, 1.165) is 13.1 Å². The van der Waals surface area contributed by atoms with Gasteiger partial charge in [-0.2, -0.15) is 0 Å². The SMILES string of the molecule is CC(C)(C)OC(=O)N1C[C@H]2C[C@H](C1)C2N. The number of carbonyl (C=O) groups is 1. The summed E-state index contributed by atoms with van der Waals surface area (Å²) in [5.74, 6) is 0.993. The first-order valence-corrected chi connectivity index (χ1v) is 5.60. The van der Waals surface area contributed by atoms with Crippen LogP contribution >= 0.6 is 0 Å². The van der Waals surface area contributed by atoms with E-state index in [1.165, 1.54) is 6.42 Å². The number of nitrogens with zero attached hydrogens (tertiary/aromatic N) is 1. The van der Waals surface area contributed by atoms with Crippen LogP contribution in [0.4, 0.5) is 4.79 Å². The second-order valence-corrected chi connectivity index (χ2v) is 5.72. The molecule has 2 atom stereocenters. The fourth-order valence-electron chi connectivity index (χ4n) is 2.40. The van der Waals surface area contributed by atoms with Crippen molar-refractivity contribution in [3.8, 4) is 0 Å². The van der Waals surface area contributed by atoms with Gasteiger partial charge in [-0.1, -0.05) is 0 Å². The van der Waals surface area contributed by atoms with Gasteiger partial charge in [0.2, 0.25) is 0 Å². The van der Waals surface area contributed by atoms with Crippen molar-refractivity contribution in [2.24, 2.45) is 17.6 Å². The topological polar surface area (TPSA) is 55.6 Å². The quantitative estimate of drug-likeness (QED) is 0.656. The van der Waals surface area contributed by atoms with E-state index in [1.807, 2.05) is 20.8 Å². The summed E-state index contributed by atoms with van der Waals surface area (Å²) < 4.78 is 5.33. The summed E-state index contributed by atoms with van der Waals surface area (Å²) in [5.41, 5.74) is 5.54. The lowest BCUT2D eigenvalue weighted by Gasteiger charge is -2.51. The van der Waals surface area contributed by atoms with Crippen LogP contribution in [0.3, 0.4) is 0 Å². The van der Waals surface area contributed by atoms with E-state index in [4.69, 9.17) is 10.5 Å². The maximum absolute atomic E-state index is 11.7. The predicted octanol–water partition coefficient (Wildman–Crippen LogP) is 1.20. The van der Waals surface area contributed by atoms with Gasteiger partial charge in [-0.05, 0) is 39.0 Å². The average Bonchev–Trinajstić information content (AvgIpc) is 2.14. The number of ether oxygens (including phenoxy) is 1. The lowest BCUT2D eigenvalue weighted by atomic mass is 9.67. The Morgan fingerprint density at radius 3 is 2.27 bits per heavy atom. The Kier molecular flexibility index (Phi) is 2.41. The van der Waals surface area contributed by atoms with Crippen LogP contribution < -0.4 is 5.73 Å². The van der Waals surface area contributed by atoms with Crippen LogP contribution in [0, 0.1) is 11.8 Å². The molecule has 3 rings (SSSR count). The Morgan fingerprint density at radius 1 is 1.33 bits per heavy atom. The summed E-state index contributed by atoms with van der Waals surface area (Å²) in [6.45, 7) is 7.21. The molecule has 0 radical (unpaired) electrons. The molecule has 1 saturated carbocycles. The van der Waals surface area contributed by atoms with Crippen LogP contribution in [0.5, 0.6) is 0 Å². The van der Waals surface area contributed by atoms with Gasteiger partial charge < -0.3 is 15.4 Å². The maximum atomic E-state index is 11.7. The minimum Gasteiger partial charge on any atom is -0.444 e. The molecule has 15 heavy (non-hydrogen) atoms. The molecule has 0 aromatic rings. The van der Waals surface area contributed by atoms with Gasteiger partial charge in [0.1, 0.15) is 5.60 Å². The fourth-order valence-corrected chi connectivity index (χ4v) is 2.40. The molecule has 0 spiro atoms. The van der Waals surface area contributed by atoms with Gasteiger partial charge in [0.05, 0.1) is 0 Å². The summed E-state index contributed by atoms with van der Waals surface area (Å²) >= 11 is 0. The highest BCUT2D eigenvalue weighted by molar-refractivity contribution is 5.68. The molecule has 2 heterocycles. The van der Waals surface area contributed by atoms with Crippen LogP contribution in [-0.2, 0) is 4.74 Å². The van der Waals surface area contributed by atoms with Crippen molar-refractivity contribution >= 4 is 6.09 Å². The molecule has 3 aliphatic rings. The van der Waals surface area contributed by atoms with E-state index in [9.17, 15) is 4.79 Å². The van der Waals surface area contributed by atoms with E-state index in [2.05, 4.69) is 0 Å². The summed E-state index contributed by atoms with van der Waals surface area (Å²) in [5, 5.41) is 0.